The van der Waals surface area contributed by atoms with Gasteiger partial charge in [-0.3, -0.25) is 14.4 Å². The lowest BCUT2D eigenvalue weighted by Gasteiger charge is -2.39. The van der Waals surface area contributed by atoms with Crippen LogP contribution >= 0.6 is 0 Å². The van der Waals surface area contributed by atoms with Crippen LogP contribution < -0.4 is 10.6 Å². The first-order valence-electron chi connectivity index (χ1n) is 13.1. The topological polar surface area (TPSA) is 95.3 Å². The number of hydrogen-bond donors (Lipinski definition) is 3. The Morgan fingerprint density at radius 1 is 1.08 bits per heavy atom. The molecule has 3 aromatic rings. The third-order valence-corrected chi connectivity index (χ3v) is 7.55. The maximum Gasteiger partial charge on any atom is 0.433 e. The van der Waals surface area contributed by atoms with E-state index in [2.05, 4.69) is 20.5 Å². The van der Waals surface area contributed by atoms with Crippen LogP contribution in [0.15, 0.2) is 36.5 Å². The van der Waals surface area contributed by atoms with E-state index in [-0.39, 0.29) is 11.7 Å². The highest BCUT2D eigenvalue weighted by Crippen LogP contribution is 2.35. The van der Waals surface area contributed by atoms with E-state index in [1.165, 1.54) is 6.07 Å². The van der Waals surface area contributed by atoms with Gasteiger partial charge < -0.3 is 15.7 Å². The molecule has 1 aliphatic carbocycles. The molecule has 0 unspecified atom stereocenters. The maximum absolute atomic E-state index is 13.1. The fourth-order valence-electron chi connectivity index (χ4n) is 5.53. The number of anilines is 1. The van der Waals surface area contributed by atoms with Gasteiger partial charge >= 0.3 is 6.18 Å². The number of halogens is 3. The summed E-state index contributed by atoms with van der Waals surface area (Å²) in [6.07, 6.45) is 1.54. The number of carbonyl (C=O) groups is 1. The molecular formula is C27H33F3N6O2. The van der Waals surface area contributed by atoms with E-state index in [1.807, 2.05) is 10.9 Å². The average Bonchev–Trinajstić information content (AvgIpc) is 3.31. The molecule has 38 heavy (non-hydrogen) atoms. The fourth-order valence-corrected chi connectivity index (χ4v) is 5.53. The third-order valence-electron chi connectivity index (χ3n) is 7.55. The van der Waals surface area contributed by atoms with Gasteiger partial charge in [-0.2, -0.15) is 18.3 Å². The largest absolute Gasteiger partial charge is 0.433 e. The minimum atomic E-state index is -4.66. The number of aromatic nitrogens is 3. The van der Waals surface area contributed by atoms with Gasteiger partial charge in [0.25, 0.3) is 5.91 Å². The SMILES string of the molecule is CC(C)(O)c1cc2nn(C3CCC(N4CCNCC4)CC3)cc2cc1NC(=O)c1cccc(C(F)(F)F)n1. The summed E-state index contributed by atoms with van der Waals surface area (Å²) in [6.45, 7) is 7.42. The summed E-state index contributed by atoms with van der Waals surface area (Å²) in [5, 5.41) is 22.4. The van der Waals surface area contributed by atoms with Crippen LogP contribution in [0.1, 0.15) is 67.3 Å². The van der Waals surface area contributed by atoms with Crippen LogP contribution in [0.5, 0.6) is 0 Å². The highest BCUT2D eigenvalue weighted by molar-refractivity contribution is 6.04. The number of rotatable bonds is 5. The van der Waals surface area contributed by atoms with Crippen molar-refractivity contribution in [1.82, 2.24) is 25.0 Å². The van der Waals surface area contributed by atoms with Crippen LogP contribution in [-0.4, -0.2) is 62.9 Å². The first-order chi connectivity index (χ1) is 18.0. The number of fused-ring (bicyclic) bond motifs is 1. The number of hydrogen-bond acceptors (Lipinski definition) is 6. The summed E-state index contributed by atoms with van der Waals surface area (Å²) in [4.78, 5) is 18.9. The predicted octanol–water partition coefficient (Wildman–Crippen LogP) is 4.32. The normalized spacial score (nSPS) is 21.5. The number of nitrogens with zero attached hydrogens (tertiary/aromatic N) is 4. The quantitative estimate of drug-likeness (QED) is 0.455. The molecule has 1 saturated heterocycles. The van der Waals surface area contributed by atoms with Crippen molar-refractivity contribution in [3.8, 4) is 0 Å². The lowest BCUT2D eigenvalue weighted by atomic mass is 9.90. The Labute approximate surface area is 219 Å². The number of piperazine rings is 1. The van der Waals surface area contributed by atoms with Gasteiger partial charge in [-0.05, 0) is 63.8 Å². The predicted molar refractivity (Wildman–Crippen MR) is 138 cm³/mol. The summed E-state index contributed by atoms with van der Waals surface area (Å²) in [7, 11) is 0. The highest BCUT2D eigenvalue weighted by Gasteiger charge is 2.33. The van der Waals surface area contributed by atoms with Gasteiger partial charge in [-0.25, -0.2) is 4.98 Å². The van der Waals surface area contributed by atoms with Crippen molar-refractivity contribution in [1.29, 1.82) is 0 Å². The highest BCUT2D eigenvalue weighted by atomic mass is 19.4. The molecule has 0 radical (unpaired) electrons. The van der Waals surface area contributed by atoms with E-state index < -0.39 is 23.4 Å². The molecular weight excluding hydrogens is 497 g/mol. The minimum absolute atomic E-state index is 0.263. The van der Waals surface area contributed by atoms with Crippen molar-refractivity contribution in [3.63, 3.8) is 0 Å². The van der Waals surface area contributed by atoms with Gasteiger partial charge in [-0.1, -0.05) is 6.07 Å². The van der Waals surface area contributed by atoms with Crippen molar-refractivity contribution in [2.45, 2.75) is 63.4 Å². The standard InChI is InChI=1S/C27H33F3N6O2/c1-26(2,38)20-15-22-17(14-23(20)33-25(37)21-4-3-5-24(32-21)27(28,29)30)16-36(34-22)19-8-6-18(7-9-19)35-12-10-31-11-13-35/h3-5,14-16,18-19,31,38H,6-13H2,1-2H3,(H,33,37). The molecule has 0 atom stereocenters. The lowest BCUT2D eigenvalue weighted by Crippen LogP contribution is -2.49. The van der Waals surface area contributed by atoms with Crippen molar-refractivity contribution in [2.24, 2.45) is 0 Å². The monoisotopic (exact) mass is 530 g/mol. The summed E-state index contributed by atoms with van der Waals surface area (Å²) >= 11 is 0. The molecule has 0 bridgehead atoms. The number of carbonyl (C=O) groups excluding carboxylic acids is 1. The molecule has 11 heteroatoms. The molecule has 204 valence electrons. The maximum atomic E-state index is 13.1. The van der Waals surface area contributed by atoms with Gasteiger partial charge in [-0.15, -0.1) is 0 Å². The van der Waals surface area contributed by atoms with Crippen LogP contribution in [-0.2, 0) is 11.8 Å². The molecule has 3 heterocycles. The molecule has 1 saturated carbocycles. The van der Waals surface area contributed by atoms with Crippen molar-refractivity contribution < 1.29 is 23.1 Å². The van der Waals surface area contributed by atoms with Gasteiger partial charge in [0, 0.05) is 55.1 Å². The van der Waals surface area contributed by atoms with Crippen LogP contribution in [0, 0.1) is 0 Å². The van der Waals surface area contributed by atoms with Crippen LogP contribution in [0.2, 0.25) is 0 Å². The van der Waals surface area contributed by atoms with Crippen LogP contribution in [0.4, 0.5) is 18.9 Å². The minimum Gasteiger partial charge on any atom is -0.386 e. The number of aliphatic hydroxyl groups is 1. The molecule has 2 aromatic heterocycles. The zero-order chi connectivity index (χ0) is 27.1. The van der Waals surface area contributed by atoms with Gasteiger partial charge in [0.2, 0.25) is 0 Å². The molecule has 0 spiro atoms. The summed E-state index contributed by atoms with van der Waals surface area (Å²) in [5.41, 5.74) is -1.44. The fraction of sp³-hybridized carbons (Fsp3) is 0.519. The van der Waals surface area contributed by atoms with Crippen molar-refractivity contribution in [2.75, 3.05) is 31.5 Å². The molecule has 3 N–H and O–H groups in total. The van der Waals surface area contributed by atoms with E-state index >= 15 is 0 Å². The van der Waals surface area contributed by atoms with Gasteiger partial charge in [0.05, 0.1) is 17.2 Å². The first-order valence-corrected chi connectivity index (χ1v) is 13.1. The molecule has 2 fully saturated rings. The Hall–Kier alpha value is -3.02. The Bertz CT molecular complexity index is 1300. The molecule has 5 rings (SSSR count). The van der Waals surface area contributed by atoms with E-state index in [0.29, 0.717) is 22.8 Å². The number of alkyl halides is 3. The van der Waals surface area contributed by atoms with Gasteiger partial charge in [0.1, 0.15) is 11.4 Å². The Morgan fingerprint density at radius 2 is 1.76 bits per heavy atom. The number of benzene rings is 1. The first kappa shape index (κ1) is 26.6. The van der Waals surface area contributed by atoms with E-state index in [9.17, 15) is 23.1 Å². The zero-order valence-corrected chi connectivity index (χ0v) is 21.6. The average molecular weight is 531 g/mol. The molecule has 1 aromatic carbocycles. The van der Waals surface area contributed by atoms with Crippen molar-refractivity contribution >= 4 is 22.5 Å². The summed E-state index contributed by atoms with van der Waals surface area (Å²) in [5.74, 6) is -0.792. The van der Waals surface area contributed by atoms with E-state index in [4.69, 9.17) is 5.10 Å². The molecule has 2 aliphatic rings. The molecule has 1 amide bonds. The third kappa shape index (κ3) is 5.69. The lowest BCUT2D eigenvalue weighted by molar-refractivity contribution is -0.141. The number of pyridine rings is 1. The smallest absolute Gasteiger partial charge is 0.386 e. The van der Waals surface area contributed by atoms with Gasteiger partial charge in [0.15, 0.2) is 0 Å². The second-order valence-corrected chi connectivity index (χ2v) is 10.7. The Balaban J connectivity index is 1.37. The zero-order valence-electron chi connectivity index (χ0n) is 21.6. The second kappa shape index (κ2) is 10.3. The summed E-state index contributed by atoms with van der Waals surface area (Å²) in [6, 6.07) is 7.49. The van der Waals surface area contributed by atoms with Crippen LogP contribution in [0.25, 0.3) is 10.9 Å². The number of amides is 1. The number of nitrogens with one attached hydrogen (secondary N) is 2. The summed E-state index contributed by atoms with van der Waals surface area (Å²) < 4.78 is 41.2. The molecule has 1 aliphatic heterocycles. The Morgan fingerprint density at radius 3 is 2.42 bits per heavy atom. The molecule has 8 nitrogen and oxygen atoms in total. The Kier molecular flexibility index (Phi) is 7.19. The second-order valence-electron chi connectivity index (χ2n) is 10.7. The van der Waals surface area contributed by atoms with E-state index in [1.54, 1.807) is 26.0 Å². The van der Waals surface area contributed by atoms with E-state index in [0.717, 1.165) is 69.4 Å². The van der Waals surface area contributed by atoms with Crippen LogP contribution in [0.3, 0.4) is 0 Å². The van der Waals surface area contributed by atoms with Crippen molar-refractivity contribution in [3.05, 3.63) is 53.5 Å².